The third kappa shape index (κ3) is 3.33. The second-order valence-electron chi connectivity index (χ2n) is 6.02. The van der Waals surface area contributed by atoms with Gasteiger partial charge in [-0.25, -0.2) is 9.97 Å². The van der Waals surface area contributed by atoms with Crippen LogP contribution in [0.15, 0.2) is 24.5 Å². The highest BCUT2D eigenvalue weighted by Gasteiger charge is 2.21. The molecule has 5 nitrogen and oxygen atoms in total. The largest absolute Gasteiger partial charge is 0.366 e. The summed E-state index contributed by atoms with van der Waals surface area (Å²) in [5.41, 5.74) is 3.45. The molecular formula is C17H21N5S. The van der Waals surface area contributed by atoms with E-state index in [4.69, 9.17) is 9.97 Å². The number of hydrogen-bond acceptors (Lipinski definition) is 6. The Morgan fingerprint density at radius 1 is 1.22 bits per heavy atom. The number of nitrogens with one attached hydrogen (secondary N) is 2. The maximum atomic E-state index is 4.86. The molecule has 0 saturated carbocycles. The smallest absolute Gasteiger partial charge is 0.163 e. The fourth-order valence-corrected chi connectivity index (χ4v) is 4.28. The monoisotopic (exact) mass is 327 g/mol. The molecule has 23 heavy (non-hydrogen) atoms. The van der Waals surface area contributed by atoms with E-state index in [9.17, 15) is 0 Å². The lowest BCUT2D eigenvalue weighted by Gasteiger charge is -2.18. The topological polar surface area (TPSA) is 62.7 Å². The van der Waals surface area contributed by atoms with E-state index in [0.717, 1.165) is 43.1 Å². The number of fused-ring (bicyclic) bond motifs is 1. The number of hydrogen-bond donors (Lipinski definition) is 2. The highest BCUT2D eigenvalue weighted by atomic mass is 32.2. The summed E-state index contributed by atoms with van der Waals surface area (Å²) in [5, 5.41) is 7.15. The lowest BCUT2D eigenvalue weighted by molar-refractivity contribution is 0.708. The van der Waals surface area contributed by atoms with E-state index < -0.39 is 0 Å². The molecule has 4 rings (SSSR count). The van der Waals surface area contributed by atoms with Crippen LogP contribution >= 0.6 is 11.8 Å². The molecule has 0 bridgehead atoms. The Balaban J connectivity index is 1.74. The van der Waals surface area contributed by atoms with Crippen LogP contribution in [0.3, 0.4) is 0 Å². The molecule has 1 saturated heterocycles. The van der Waals surface area contributed by atoms with Gasteiger partial charge in [-0.05, 0) is 37.3 Å². The van der Waals surface area contributed by atoms with Gasteiger partial charge in [-0.1, -0.05) is 0 Å². The summed E-state index contributed by atoms with van der Waals surface area (Å²) in [4.78, 5) is 13.9. The van der Waals surface area contributed by atoms with Gasteiger partial charge in [-0.15, -0.1) is 0 Å². The maximum absolute atomic E-state index is 4.86. The van der Waals surface area contributed by atoms with E-state index in [1.807, 2.05) is 30.1 Å². The predicted molar refractivity (Wildman–Crippen MR) is 94.9 cm³/mol. The van der Waals surface area contributed by atoms with Gasteiger partial charge in [0.2, 0.25) is 0 Å². The van der Waals surface area contributed by atoms with E-state index in [1.54, 1.807) is 6.20 Å². The van der Waals surface area contributed by atoms with Crippen molar-refractivity contribution in [2.45, 2.75) is 25.3 Å². The molecule has 1 atom stereocenters. The summed E-state index contributed by atoms with van der Waals surface area (Å²) in [5.74, 6) is 4.22. The van der Waals surface area contributed by atoms with Crippen LogP contribution in [0.1, 0.15) is 17.7 Å². The fraction of sp³-hybridized carbons (Fsp3) is 0.471. The summed E-state index contributed by atoms with van der Waals surface area (Å²) >= 11 is 2.02. The number of aromatic nitrogens is 3. The van der Waals surface area contributed by atoms with Crippen molar-refractivity contribution >= 4 is 17.6 Å². The number of rotatable bonds is 3. The summed E-state index contributed by atoms with van der Waals surface area (Å²) < 4.78 is 0. The standard InChI is InChI=1S/C17H21N5S/c1-2-12(10-19-6-1)16-21-15-4-8-18-7-3-14(15)17(22-16)20-13-5-9-23-11-13/h1-2,6,10,13,18H,3-5,7-9,11H2,(H,20,21,22). The van der Waals surface area contributed by atoms with Crippen molar-refractivity contribution in [2.24, 2.45) is 0 Å². The third-order valence-electron chi connectivity index (χ3n) is 4.37. The Bertz CT molecular complexity index is 670. The Labute approximate surface area is 140 Å². The van der Waals surface area contributed by atoms with Gasteiger partial charge < -0.3 is 10.6 Å². The molecule has 4 heterocycles. The molecule has 0 aromatic carbocycles. The van der Waals surface area contributed by atoms with Gasteiger partial charge >= 0.3 is 0 Å². The van der Waals surface area contributed by atoms with E-state index in [2.05, 4.69) is 15.6 Å². The number of anilines is 1. The quantitative estimate of drug-likeness (QED) is 0.901. The molecule has 0 amide bonds. The second kappa shape index (κ2) is 6.84. The van der Waals surface area contributed by atoms with Crippen molar-refractivity contribution in [1.82, 2.24) is 20.3 Å². The molecule has 1 fully saturated rings. The lowest BCUT2D eigenvalue weighted by Crippen LogP contribution is -2.21. The molecule has 2 aromatic rings. The molecule has 2 aromatic heterocycles. The van der Waals surface area contributed by atoms with E-state index in [1.165, 1.54) is 29.2 Å². The van der Waals surface area contributed by atoms with Crippen molar-refractivity contribution in [3.8, 4) is 11.4 Å². The van der Waals surface area contributed by atoms with Gasteiger partial charge in [-0.2, -0.15) is 11.8 Å². The first-order chi connectivity index (χ1) is 11.4. The molecule has 2 aliphatic heterocycles. The van der Waals surface area contributed by atoms with Crippen LogP contribution < -0.4 is 10.6 Å². The van der Waals surface area contributed by atoms with Crippen LogP contribution in [0.25, 0.3) is 11.4 Å². The first-order valence-corrected chi connectivity index (χ1v) is 9.41. The van der Waals surface area contributed by atoms with Gasteiger partial charge in [0.1, 0.15) is 5.82 Å². The Morgan fingerprint density at radius 2 is 2.17 bits per heavy atom. The van der Waals surface area contributed by atoms with Gasteiger partial charge in [0, 0.05) is 48.3 Å². The molecule has 0 radical (unpaired) electrons. The van der Waals surface area contributed by atoms with Crippen molar-refractivity contribution in [3.05, 3.63) is 35.8 Å². The van der Waals surface area contributed by atoms with Crippen LogP contribution in [-0.2, 0) is 12.8 Å². The van der Waals surface area contributed by atoms with E-state index >= 15 is 0 Å². The lowest BCUT2D eigenvalue weighted by atomic mass is 10.1. The zero-order valence-corrected chi connectivity index (χ0v) is 13.9. The fourth-order valence-electron chi connectivity index (χ4n) is 3.13. The Hall–Kier alpha value is -1.66. The maximum Gasteiger partial charge on any atom is 0.163 e. The van der Waals surface area contributed by atoms with Crippen molar-refractivity contribution in [1.29, 1.82) is 0 Å². The van der Waals surface area contributed by atoms with Crippen LogP contribution in [0.5, 0.6) is 0 Å². The van der Waals surface area contributed by atoms with Gasteiger partial charge in [0.05, 0.1) is 5.69 Å². The molecule has 6 heteroatoms. The number of pyridine rings is 1. The molecule has 2 N–H and O–H groups in total. The molecule has 1 unspecified atom stereocenters. The SMILES string of the molecule is c1cncc(-c2nc3c(c(NC4CCSC4)n2)CCNCC3)c1. The average Bonchev–Trinajstić information content (AvgIpc) is 2.98. The number of nitrogens with zero attached hydrogens (tertiary/aromatic N) is 3. The minimum absolute atomic E-state index is 0.525. The van der Waals surface area contributed by atoms with Crippen molar-refractivity contribution in [3.63, 3.8) is 0 Å². The molecule has 0 aliphatic carbocycles. The molecular weight excluding hydrogens is 306 g/mol. The zero-order valence-electron chi connectivity index (χ0n) is 13.1. The Morgan fingerprint density at radius 3 is 3.00 bits per heavy atom. The first kappa shape index (κ1) is 14.9. The minimum atomic E-state index is 0.525. The average molecular weight is 327 g/mol. The van der Waals surface area contributed by atoms with Crippen LogP contribution in [-0.4, -0.2) is 45.6 Å². The summed E-state index contributed by atoms with van der Waals surface area (Å²) in [7, 11) is 0. The highest BCUT2D eigenvalue weighted by Crippen LogP contribution is 2.27. The molecule has 0 spiro atoms. The summed E-state index contributed by atoms with van der Waals surface area (Å²) in [6, 6.07) is 4.49. The normalized spacial score (nSPS) is 20.8. The van der Waals surface area contributed by atoms with Gasteiger partial charge in [0.25, 0.3) is 0 Å². The minimum Gasteiger partial charge on any atom is -0.366 e. The molecule has 2 aliphatic rings. The van der Waals surface area contributed by atoms with Crippen LogP contribution in [0.2, 0.25) is 0 Å². The summed E-state index contributed by atoms with van der Waals surface area (Å²) in [6.07, 6.45) is 6.78. The Kier molecular flexibility index (Phi) is 4.43. The summed E-state index contributed by atoms with van der Waals surface area (Å²) in [6.45, 7) is 1.98. The van der Waals surface area contributed by atoms with Gasteiger partial charge in [0.15, 0.2) is 5.82 Å². The number of thioether (sulfide) groups is 1. The second-order valence-corrected chi connectivity index (χ2v) is 7.17. The van der Waals surface area contributed by atoms with E-state index in [-0.39, 0.29) is 0 Å². The van der Waals surface area contributed by atoms with Crippen molar-refractivity contribution in [2.75, 3.05) is 29.9 Å². The highest BCUT2D eigenvalue weighted by molar-refractivity contribution is 7.99. The van der Waals surface area contributed by atoms with Gasteiger partial charge in [-0.3, -0.25) is 4.98 Å². The van der Waals surface area contributed by atoms with E-state index in [0.29, 0.717) is 6.04 Å². The predicted octanol–water partition coefficient (Wildman–Crippen LogP) is 2.14. The first-order valence-electron chi connectivity index (χ1n) is 8.25. The van der Waals surface area contributed by atoms with Crippen LogP contribution in [0, 0.1) is 0 Å². The molecule has 120 valence electrons. The zero-order chi connectivity index (χ0) is 15.5. The van der Waals surface area contributed by atoms with Crippen molar-refractivity contribution < 1.29 is 0 Å². The third-order valence-corrected chi connectivity index (χ3v) is 5.54. The van der Waals surface area contributed by atoms with Crippen LogP contribution in [0.4, 0.5) is 5.82 Å².